The van der Waals surface area contributed by atoms with Crippen LogP contribution in [0, 0.1) is 6.92 Å². The van der Waals surface area contributed by atoms with E-state index >= 15 is 0 Å². The van der Waals surface area contributed by atoms with Gasteiger partial charge in [-0.25, -0.2) is 0 Å². The molecule has 20 heavy (non-hydrogen) atoms. The molecule has 2 nitrogen and oxygen atoms in total. The van der Waals surface area contributed by atoms with Gasteiger partial charge in [-0.05, 0) is 53.4 Å². The molecular formula is C15H17F2NOS. The summed E-state index contributed by atoms with van der Waals surface area (Å²) in [7, 11) is 0. The van der Waals surface area contributed by atoms with Gasteiger partial charge in [0.2, 0.25) is 0 Å². The van der Waals surface area contributed by atoms with E-state index in [1.165, 1.54) is 11.1 Å². The molecule has 0 saturated carbocycles. The quantitative estimate of drug-likeness (QED) is 0.847. The van der Waals surface area contributed by atoms with E-state index in [0.29, 0.717) is 0 Å². The van der Waals surface area contributed by atoms with Crippen molar-refractivity contribution in [3.63, 3.8) is 0 Å². The monoisotopic (exact) mass is 297 g/mol. The highest BCUT2D eigenvalue weighted by Gasteiger charge is 2.08. The Kier molecular flexibility index (Phi) is 5.09. The van der Waals surface area contributed by atoms with Gasteiger partial charge in [0, 0.05) is 12.6 Å². The van der Waals surface area contributed by atoms with E-state index in [9.17, 15) is 8.78 Å². The van der Waals surface area contributed by atoms with Crippen molar-refractivity contribution in [3.05, 3.63) is 51.7 Å². The summed E-state index contributed by atoms with van der Waals surface area (Å²) in [5.74, 6) is 0.185. The van der Waals surface area contributed by atoms with E-state index in [1.54, 1.807) is 35.6 Å². The van der Waals surface area contributed by atoms with Crippen LogP contribution in [0.5, 0.6) is 5.75 Å². The van der Waals surface area contributed by atoms with E-state index in [-0.39, 0.29) is 11.8 Å². The number of alkyl halides is 2. The Morgan fingerprint density at radius 3 is 2.45 bits per heavy atom. The molecule has 1 aromatic carbocycles. The highest BCUT2D eigenvalue weighted by Crippen LogP contribution is 2.20. The summed E-state index contributed by atoms with van der Waals surface area (Å²) in [6.45, 7) is 2.16. The van der Waals surface area contributed by atoms with Crippen molar-refractivity contribution in [2.24, 2.45) is 0 Å². The van der Waals surface area contributed by atoms with Crippen LogP contribution in [0.2, 0.25) is 0 Å². The highest BCUT2D eigenvalue weighted by molar-refractivity contribution is 7.08. The third-order valence-electron chi connectivity index (χ3n) is 3.17. The Morgan fingerprint density at radius 2 is 1.90 bits per heavy atom. The molecular weight excluding hydrogens is 280 g/mol. The Morgan fingerprint density at radius 1 is 1.20 bits per heavy atom. The smallest absolute Gasteiger partial charge is 0.387 e. The number of thiophene rings is 1. The van der Waals surface area contributed by atoms with E-state index in [1.807, 2.05) is 6.92 Å². The lowest BCUT2D eigenvalue weighted by Crippen LogP contribution is -2.18. The number of nitrogens with one attached hydrogen (secondary N) is 1. The van der Waals surface area contributed by atoms with E-state index < -0.39 is 6.61 Å². The largest absolute Gasteiger partial charge is 0.435 e. The molecule has 1 aromatic heterocycles. The Hall–Kier alpha value is -1.46. The average Bonchev–Trinajstić information content (AvgIpc) is 2.82. The summed E-state index contributed by atoms with van der Waals surface area (Å²) in [5.41, 5.74) is 3.62. The molecule has 0 radical (unpaired) electrons. The summed E-state index contributed by atoms with van der Waals surface area (Å²) >= 11 is 1.69. The van der Waals surface area contributed by atoms with Gasteiger partial charge in [0.05, 0.1) is 0 Å². The van der Waals surface area contributed by atoms with Crippen LogP contribution in [0.1, 0.15) is 29.7 Å². The van der Waals surface area contributed by atoms with Gasteiger partial charge in [0.25, 0.3) is 0 Å². The standard InChI is InChI=1S/C15H17F2NOS/c1-10-8-20-9-13(10)7-18-11(2)12-3-5-14(6-4-12)19-15(16)17/h3-6,8-9,11,15,18H,7H2,1-2H3. The number of halogens is 2. The molecule has 1 N–H and O–H groups in total. The van der Waals surface area contributed by atoms with Crippen LogP contribution in [0.15, 0.2) is 35.0 Å². The number of ether oxygens (including phenoxy) is 1. The molecule has 0 saturated heterocycles. The van der Waals surface area contributed by atoms with Gasteiger partial charge < -0.3 is 10.1 Å². The van der Waals surface area contributed by atoms with Crippen LogP contribution < -0.4 is 10.1 Å². The third kappa shape index (κ3) is 4.02. The van der Waals surface area contributed by atoms with Gasteiger partial charge in [-0.15, -0.1) is 0 Å². The molecule has 2 aromatic rings. The molecule has 1 unspecified atom stereocenters. The molecule has 5 heteroatoms. The normalized spacial score (nSPS) is 12.7. The summed E-state index contributed by atoms with van der Waals surface area (Å²) in [6, 6.07) is 6.88. The fraction of sp³-hybridized carbons (Fsp3) is 0.333. The number of hydrogen-bond acceptors (Lipinski definition) is 3. The molecule has 0 aliphatic heterocycles. The first-order valence-electron chi connectivity index (χ1n) is 6.36. The first kappa shape index (κ1) is 14.9. The topological polar surface area (TPSA) is 21.3 Å². The number of hydrogen-bond donors (Lipinski definition) is 1. The lowest BCUT2D eigenvalue weighted by Gasteiger charge is -2.15. The Bertz CT molecular complexity index is 539. The van der Waals surface area contributed by atoms with Crippen molar-refractivity contribution in [2.45, 2.75) is 33.0 Å². The second-order valence-electron chi connectivity index (χ2n) is 4.63. The number of benzene rings is 1. The predicted octanol–water partition coefficient (Wildman–Crippen LogP) is 4.51. The van der Waals surface area contributed by atoms with Crippen molar-refractivity contribution in [2.75, 3.05) is 0 Å². The molecule has 0 aliphatic carbocycles. The number of aryl methyl sites for hydroxylation is 1. The molecule has 2 rings (SSSR count). The fourth-order valence-electron chi connectivity index (χ4n) is 1.89. The molecule has 0 aliphatic rings. The maximum atomic E-state index is 12.1. The minimum Gasteiger partial charge on any atom is -0.435 e. The van der Waals surface area contributed by atoms with Crippen LogP contribution in [0.3, 0.4) is 0 Å². The van der Waals surface area contributed by atoms with Gasteiger partial charge in [-0.3, -0.25) is 0 Å². The lowest BCUT2D eigenvalue weighted by molar-refractivity contribution is -0.0498. The maximum Gasteiger partial charge on any atom is 0.387 e. The van der Waals surface area contributed by atoms with Gasteiger partial charge >= 0.3 is 6.61 Å². The first-order valence-corrected chi connectivity index (χ1v) is 7.30. The Labute approximate surface area is 121 Å². The SMILES string of the molecule is Cc1cscc1CNC(C)c1ccc(OC(F)F)cc1. The first-order chi connectivity index (χ1) is 9.56. The predicted molar refractivity (Wildman–Crippen MR) is 77.4 cm³/mol. The summed E-state index contributed by atoms with van der Waals surface area (Å²) in [4.78, 5) is 0. The maximum absolute atomic E-state index is 12.1. The van der Waals surface area contributed by atoms with Gasteiger partial charge in [0.1, 0.15) is 5.75 Å². The van der Waals surface area contributed by atoms with Crippen LogP contribution in [-0.2, 0) is 6.54 Å². The average molecular weight is 297 g/mol. The second-order valence-corrected chi connectivity index (χ2v) is 5.37. The van der Waals surface area contributed by atoms with E-state index in [2.05, 4.69) is 27.7 Å². The van der Waals surface area contributed by atoms with Gasteiger partial charge in [-0.2, -0.15) is 20.1 Å². The molecule has 0 bridgehead atoms. The van der Waals surface area contributed by atoms with Crippen LogP contribution in [0.4, 0.5) is 8.78 Å². The summed E-state index contributed by atoms with van der Waals surface area (Å²) < 4.78 is 28.5. The molecule has 1 atom stereocenters. The van der Waals surface area contributed by atoms with Crippen LogP contribution in [0.25, 0.3) is 0 Å². The van der Waals surface area contributed by atoms with Gasteiger partial charge in [0.15, 0.2) is 0 Å². The van der Waals surface area contributed by atoms with Gasteiger partial charge in [-0.1, -0.05) is 12.1 Å². The van der Waals surface area contributed by atoms with Crippen LogP contribution in [-0.4, -0.2) is 6.61 Å². The third-order valence-corrected chi connectivity index (χ3v) is 4.08. The van der Waals surface area contributed by atoms with Crippen molar-refractivity contribution < 1.29 is 13.5 Å². The zero-order chi connectivity index (χ0) is 14.5. The summed E-state index contributed by atoms with van der Waals surface area (Å²) in [6.07, 6.45) is 0. The zero-order valence-corrected chi connectivity index (χ0v) is 12.2. The minimum atomic E-state index is -2.78. The fourth-order valence-corrected chi connectivity index (χ4v) is 2.74. The minimum absolute atomic E-state index is 0.148. The highest BCUT2D eigenvalue weighted by atomic mass is 32.1. The molecule has 108 valence electrons. The summed E-state index contributed by atoms with van der Waals surface area (Å²) in [5, 5.41) is 7.68. The van der Waals surface area contributed by atoms with Crippen molar-refractivity contribution in [3.8, 4) is 5.75 Å². The van der Waals surface area contributed by atoms with Crippen molar-refractivity contribution in [1.82, 2.24) is 5.32 Å². The zero-order valence-electron chi connectivity index (χ0n) is 11.4. The molecule has 1 heterocycles. The van der Waals surface area contributed by atoms with E-state index in [4.69, 9.17) is 0 Å². The number of rotatable bonds is 6. The Balaban J connectivity index is 1.92. The molecule has 0 fully saturated rings. The van der Waals surface area contributed by atoms with Crippen LogP contribution >= 0.6 is 11.3 Å². The van der Waals surface area contributed by atoms with Crippen molar-refractivity contribution >= 4 is 11.3 Å². The van der Waals surface area contributed by atoms with Crippen molar-refractivity contribution in [1.29, 1.82) is 0 Å². The second kappa shape index (κ2) is 6.81. The van der Waals surface area contributed by atoms with E-state index in [0.717, 1.165) is 12.1 Å². The molecule has 0 spiro atoms. The molecule has 0 amide bonds. The lowest BCUT2D eigenvalue weighted by atomic mass is 10.1.